The highest BCUT2D eigenvalue weighted by Gasteiger charge is 2.36. The second-order valence-corrected chi connectivity index (χ2v) is 9.15. The van der Waals surface area contributed by atoms with Gasteiger partial charge in [0.05, 0.1) is 21.0 Å². The summed E-state index contributed by atoms with van der Waals surface area (Å²) in [7, 11) is 0. The first-order chi connectivity index (χ1) is 18.7. The Hall–Kier alpha value is -4.31. The number of hydrogen-bond acceptors (Lipinski definition) is 7. The summed E-state index contributed by atoms with van der Waals surface area (Å²) in [6, 6.07) is 4.21. The van der Waals surface area contributed by atoms with Gasteiger partial charge in [-0.1, -0.05) is 0 Å². The minimum Gasteiger partial charge on any atom is -0.362 e. The Morgan fingerprint density at radius 3 is 1.23 bits per heavy atom. The van der Waals surface area contributed by atoms with Crippen LogP contribution in [0, 0.1) is 20.2 Å². The molecule has 2 amide bonds. The van der Waals surface area contributed by atoms with Crippen molar-refractivity contribution in [3.05, 3.63) is 67.8 Å². The predicted molar refractivity (Wildman–Crippen MR) is 129 cm³/mol. The zero-order valence-corrected chi connectivity index (χ0v) is 20.6. The van der Waals surface area contributed by atoms with Crippen LogP contribution in [-0.2, 0) is 12.4 Å². The summed E-state index contributed by atoms with van der Waals surface area (Å²) in [5, 5.41) is 22.8. The molecule has 2 fully saturated rings. The van der Waals surface area contributed by atoms with Crippen LogP contribution in [0.25, 0.3) is 0 Å². The van der Waals surface area contributed by atoms with E-state index in [9.17, 15) is 51.4 Å². The van der Waals surface area contributed by atoms with Gasteiger partial charge in [0.2, 0.25) is 0 Å². The van der Waals surface area contributed by atoms with Crippen molar-refractivity contribution in [2.24, 2.45) is 0 Å². The number of carbonyl (C=O) groups excluding carboxylic acids is 1. The van der Waals surface area contributed by atoms with Crippen LogP contribution >= 0.6 is 0 Å². The van der Waals surface area contributed by atoms with E-state index < -0.39 is 44.7 Å². The topological polar surface area (TPSA) is 116 Å². The number of nitro groups is 2. The second kappa shape index (κ2) is 10.7. The Bertz CT molecular complexity index is 1210. The molecule has 40 heavy (non-hydrogen) atoms. The molecule has 2 aromatic carbocycles. The number of carbonyl (C=O) groups is 1. The zero-order chi connectivity index (χ0) is 29.4. The fourth-order valence-corrected chi connectivity index (χ4v) is 4.70. The quantitative estimate of drug-likeness (QED) is 0.297. The number of piperazine rings is 2. The molecule has 0 spiro atoms. The van der Waals surface area contributed by atoms with Crippen molar-refractivity contribution in [3.8, 4) is 0 Å². The van der Waals surface area contributed by atoms with E-state index in [1.165, 1.54) is 19.6 Å². The standard InChI is InChI=1S/C23H22F6N6O5/c24-22(25,26)15-1-3-17(19(13-15)34(37)38)30-5-9-32(10-6-30)21(36)33-11-7-31(8-12-33)18-4-2-16(23(27,28)29)14-20(18)35(39)40/h1-4,13-14H,5-12H2. The molecule has 0 unspecified atom stereocenters. The molecule has 11 nitrogen and oxygen atoms in total. The molecular weight excluding hydrogens is 554 g/mol. The number of alkyl halides is 6. The van der Waals surface area contributed by atoms with E-state index >= 15 is 0 Å². The third-order valence-corrected chi connectivity index (χ3v) is 6.78. The van der Waals surface area contributed by atoms with Crippen LogP contribution in [0.2, 0.25) is 0 Å². The van der Waals surface area contributed by atoms with Crippen molar-refractivity contribution in [3.63, 3.8) is 0 Å². The maximum absolute atomic E-state index is 13.0. The normalized spacial score (nSPS) is 16.8. The molecule has 0 aromatic heterocycles. The maximum Gasteiger partial charge on any atom is 0.416 e. The average Bonchev–Trinajstić information content (AvgIpc) is 2.91. The summed E-state index contributed by atoms with van der Waals surface area (Å²) in [5.74, 6) is 0. The van der Waals surface area contributed by atoms with Gasteiger partial charge in [0.15, 0.2) is 0 Å². The molecule has 216 valence electrons. The van der Waals surface area contributed by atoms with E-state index in [2.05, 4.69) is 0 Å². The van der Waals surface area contributed by atoms with Gasteiger partial charge in [0.25, 0.3) is 11.4 Å². The third kappa shape index (κ3) is 5.96. The lowest BCUT2D eigenvalue weighted by Gasteiger charge is -2.41. The van der Waals surface area contributed by atoms with Crippen LogP contribution in [0.5, 0.6) is 0 Å². The minimum absolute atomic E-state index is 0.0110. The van der Waals surface area contributed by atoms with E-state index in [1.54, 1.807) is 0 Å². The lowest BCUT2D eigenvalue weighted by Crippen LogP contribution is -2.57. The zero-order valence-electron chi connectivity index (χ0n) is 20.6. The van der Waals surface area contributed by atoms with Gasteiger partial charge in [-0.25, -0.2) is 4.79 Å². The third-order valence-electron chi connectivity index (χ3n) is 6.78. The Balaban J connectivity index is 1.38. The molecule has 0 bridgehead atoms. The lowest BCUT2D eigenvalue weighted by atomic mass is 10.1. The van der Waals surface area contributed by atoms with Gasteiger partial charge in [-0.15, -0.1) is 0 Å². The number of nitro benzene ring substituents is 2. The molecule has 17 heteroatoms. The number of amides is 2. The number of urea groups is 1. The van der Waals surface area contributed by atoms with E-state index in [0.29, 0.717) is 12.1 Å². The van der Waals surface area contributed by atoms with Crippen LogP contribution in [0.4, 0.5) is 53.9 Å². The van der Waals surface area contributed by atoms with Crippen LogP contribution in [0.1, 0.15) is 11.1 Å². The second-order valence-electron chi connectivity index (χ2n) is 9.15. The van der Waals surface area contributed by atoms with Gasteiger partial charge in [-0.05, 0) is 24.3 Å². The first-order valence-corrected chi connectivity index (χ1v) is 11.9. The number of rotatable bonds is 4. The van der Waals surface area contributed by atoms with E-state index in [0.717, 1.165) is 24.3 Å². The molecule has 0 aliphatic carbocycles. The minimum atomic E-state index is -4.74. The van der Waals surface area contributed by atoms with Crippen LogP contribution in [0.15, 0.2) is 36.4 Å². The summed E-state index contributed by atoms with van der Waals surface area (Å²) in [6.07, 6.45) is -9.48. The average molecular weight is 576 g/mol. The fraction of sp³-hybridized carbons (Fsp3) is 0.435. The molecule has 0 saturated carbocycles. The Labute approximate surface area is 222 Å². The van der Waals surface area contributed by atoms with Crippen molar-refractivity contribution in [2.75, 3.05) is 62.2 Å². The first-order valence-electron chi connectivity index (χ1n) is 11.9. The summed E-state index contributed by atoms with van der Waals surface area (Å²) in [6.45, 7) is 1.10. The number of anilines is 2. The van der Waals surface area contributed by atoms with Gasteiger partial charge in [0, 0.05) is 64.5 Å². The molecule has 2 heterocycles. The smallest absolute Gasteiger partial charge is 0.362 e. The fourth-order valence-electron chi connectivity index (χ4n) is 4.70. The van der Waals surface area contributed by atoms with Crippen molar-refractivity contribution < 1.29 is 41.0 Å². The van der Waals surface area contributed by atoms with Crippen LogP contribution in [0.3, 0.4) is 0 Å². The van der Waals surface area contributed by atoms with Gasteiger partial charge in [-0.2, -0.15) is 26.3 Å². The molecule has 2 saturated heterocycles. The highest BCUT2D eigenvalue weighted by atomic mass is 19.4. The predicted octanol–water partition coefficient (Wildman–Crippen LogP) is 4.60. The summed E-state index contributed by atoms with van der Waals surface area (Å²) in [4.78, 5) is 40.2. The highest BCUT2D eigenvalue weighted by molar-refractivity contribution is 5.76. The van der Waals surface area contributed by atoms with Gasteiger partial charge in [0.1, 0.15) is 11.4 Å². The van der Waals surface area contributed by atoms with Gasteiger partial charge < -0.3 is 19.6 Å². The van der Waals surface area contributed by atoms with Gasteiger partial charge >= 0.3 is 18.4 Å². The van der Waals surface area contributed by atoms with Crippen molar-refractivity contribution in [2.45, 2.75) is 12.4 Å². The van der Waals surface area contributed by atoms with Gasteiger partial charge in [-0.3, -0.25) is 20.2 Å². The number of hydrogen-bond donors (Lipinski definition) is 0. The van der Waals surface area contributed by atoms with Crippen molar-refractivity contribution >= 4 is 28.8 Å². The van der Waals surface area contributed by atoms with Crippen molar-refractivity contribution in [1.82, 2.24) is 9.80 Å². The molecule has 2 aliphatic heterocycles. The number of benzene rings is 2. The van der Waals surface area contributed by atoms with E-state index in [4.69, 9.17) is 0 Å². The maximum atomic E-state index is 13.0. The summed E-state index contributed by atoms with van der Waals surface area (Å²) < 4.78 is 78.0. The van der Waals surface area contributed by atoms with Crippen molar-refractivity contribution in [1.29, 1.82) is 0 Å². The molecule has 0 atom stereocenters. The molecular formula is C23H22F6N6O5. The lowest BCUT2D eigenvalue weighted by molar-refractivity contribution is -0.384. The monoisotopic (exact) mass is 576 g/mol. The molecule has 2 aliphatic rings. The van der Waals surface area contributed by atoms with Crippen LogP contribution in [-0.4, -0.2) is 78.0 Å². The summed E-state index contributed by atoms with van der Waals surface area (Å²) >= 11 is 0. The van der Waals surface area contributed by atoms with Crippen LogP contribution < -0.4 is 9.80 Å². The summed E-state index contributed by atoms with van der Waals surface area (Å²) in [5.41, 5.74) is -3.64. The molecule has 0 N–H and O–H groups in total. The van der Waals surface area contributed by atoms with E-state index in [-0.39, 0.29) is 69.8 Å². The number of halogens is 6. The highest BCUT2D eigenvalue weighted by Crippen LogP contribution is 2.38. The van der Waals surface area contributed by atoms with E-state index in [1.807, 2.05) is 0 Å². The Morgan fingerprint density at radius 2 is 0.950 bits per heavy atom. The molecule has 0 radical (unpaired) electrons. The molecule has 4 rings (SSSR count). The molecule has 2 aromatic rings. The Kier molecular flexibility index (Phi) is 7.67. The SMILES string of the molecule is O=C(N1CCN(c2ccc(C(F)(F)F)cc2[N+](=O)[O-])CC1)N1CCN(c2ccc(C(F)(F)F)cc2[N+](=O)[O-])CC1. The Morgan fingerprint density at radius 1 is 0.625 bits per heavy atom. The number of nitrogens with zero attached hydrogens (tertiary/aromatic N) is 6. The first kappa shape index (κ1) is 28.7. The largest absolute Gasteiger partial charge is 0.416 e.